The summed E-state index contributed by atoms with van der Waals surface area (Å²) >= 11 is 1.59. The Hall–Kier alpha value is -1.89. The molecular weight excluding hydrogens is 338 g/mol. The number of hydrogen-bond donors (Lipinski definition) is 2. The number of benzene rings is 1. The highest BCUT2D eigenvalue weighted by Gasteiger charge is 2.38. The SMILES string of the molecule is COc1ccc([C@@H](C)N2CC[C@@H](SC3NC(=O)NCC3C)C2=O)cc1. The van der Waals surface area contributed by atoms with Crippen LogP contribution in [0.4, 0.5) is 4.79 Å². The highest BCUT2D eigenvalue weighted by atomic mass is 32.2. The van der Waals surface area contributed by atoms with Crippen LogP contribution in [0.25, 0.3) is 0 Å². The van der Waals surface area contributed by atoms with E-state index < -0.39 is 0 Å². The van der Waals surface area contributed by atoms with Gasteiger partial charge in [0.1, 0.15) is 5.75 Å². The monoisotopic (exact) mass is 363 g/mol. The van der Waals surface area contributed by atoms with Gasteiger partial charge in [0.2, 0.25) is 5.91 Å². The molecule has 0 radical (unpaired) electrons. The molecule has 4 atom stereocenters. The lowest BCUT2D eigenvalue weighted by molar-refractivity contribution is -0.129. The van der Waals surface area contributed by atoms with Crippen LogP contribution in [0.2, 0.25) is 0 Å². The van der Waals surface area contributed by atoms with Crippen molar-refractivity contribution in [3.05, 3.63) is 29.8 Å². The minimum Gasteiger partial charge on any atom is -0.497 e. The highest BCUT2D eigenvalue weighted by Crippen LogP contribution is 2.34. The maximum Gasteiger partial charge on any atom is 0.315 e. The number of amides is 3. The molecule has 0 spiro atoms. The van der Waals surface area contributed by atoms with Crippen LogP contribution in [0.5, 0.6) is 5.75 Å². The standard InChI is InChI=1S/C18H25N3O3S/c1-11-10-19-18(23)20-16(11)25-15-8-9-21(17(15)22)12(2)13-4-6-14(24-3)7-5-13/h4-7,11-12,15-16H,8-10H2,1-3H3,(H2,19,20,23)/t11?,12-,15-,16?/m1/s1. The van der Waals surface area contributed by atoms with Gasteiger partial charge >= 0.3 is 6.03 Å². The summed E-state index contributed by atoms with van der Waals surface area (Å²) in [7, 11) is 1.64. The minimum atomic E-state index is -0.149. The van der Waals surface area contributed by atoms with Crippen molar-refractivity contribution in [1.82, 2.24) is 15.5 Å². The number of likely N-dealkylation sites (tertiary alicyclic amines) is 1. The lowest BCUT2D eigenvalue weighted by Gasteiger charge is -2.31. The fourth-order valence-electron chi connectivity index (χ4n) is 3.28. The molecule has 0 aliphatic carbocycles. The van der Waals surface area contributed by atoms with E-state index in [0.717, 1.165) is 24.3 Å². The van der Waals surface area contributed by atoms with Gasteiger partial charge in [-0.25, -0.2) is 4.79 Å². The van der Waals surface area contributed by atoms with Gasteiger partial charge in [-0.2, -0.15) is 0 Å². The first kappa shape index (κ1) is 17.9. The van der Waals surface area contributed by atoms with Gasteiger partial charge in [-0.1, -0.05) is 19.1 Å². The molecule has 2 heterocycles. The fraction of sp³-hybridized carbons (Fsp3) is 0.556. The quantitative estimate of drug-likeness (QED) is 0.843. The third-order valence-electron chi connectivity index (χ3n) is 4.94. The summed E-state index contributed by atoms with van der Waals surface area (Å²) < 4.78 is 5.19. The molecule has 2 aliphatic rings. The van der Waals surface area contributed by atoms with Crippen LogP contribution >= 0.6 is 11.8 Å². The Morgan fingerprint density at radius 3 is 2.68 bits per heavy atom. The van der Waals surface area contributed by atoms with Gasteiger partial charge in [-0.15, -0.1) is 11.8 Å². The van der Waals surface area contributed by atoms with Gasteiger partial charge in [-0.3, -0.25) is 4.79 Å². The van der Waals surface area contributed by atoms with E-state index in [9.17, 15) is 9.59 Å². The van der Waals surface area contributed by atoms with Gasteiger partial charge in [-0.05, 0) is 31.0 Å². The fourth-order valence-corrected chi connectivity index (χ4v) is 4.66. The Labute approximate surface area is 152 Å². The smallest absolute Gasteiger partial charge is 0.315 e. The van der Waals surface area contributed by atoms with Crippen molar-refractivity contribution in [3.63, 3.8) is 0 Å². The number of nitrogens with one attached hydrogen (secondary N) is 2. The largest absolute Gasteiger partial charge is 0.497 e. The minimum absolute atomic E-state index is 0.0149. The van der Waals surface area contributed by atoms with E-state index in [1.165, 1.54) is 0 Å². The van der Waals surface area contributed by atoms with Crippen LogP contribution in [-0.4, -0.2) is 47.7 Å². The van der Waals surface area contributed by atoms with Crippen LogP contribution in [0.3, 0.4) is 0 Å². The summed E-state index contributed by atoms with van der Waals surface area (Å²) in [5.74, 6) is 1.27. The first-order chi connectivity index (χ1) is 12.0. The Morgan fingerprint density at radius 2 is 2.00 bits per heavy atom. The lowest BCUT2D eigenvalue weighted by Crippen LogP contribution is -2.53. The number of ether oxygens (including phenoxy) is 1. The van der Waals surface area contributed by atoms with Crippen molar-refractivity contribution >= 4 is 23.7 Å². The van der Waals surface area contributed by atoms with E-state index >= 15 is 0 Å². The van der Waals surface area contributed by atoms with Crippen molar-refractivity contribution in [1.29, 1.82) is 0 Å². The molecule has 136 valence electrons. The molecule has 6 nitrogen and oxygen atoms in total. The lowest BCUT2D eigenvalue weighted by atomic mass is 10.1. The van der Waals surface area contributed by atoms with Crippen LogP contribution in [0.1, 0.15) is 31.9 Å². The van der Waals surface area contributed by atoms with E-state index in [2.05, 4.69) is 24.5 Å². The van der Waals surface area contributed by atoms with Gasteiger partial charge in [0, 0.05) is 19.0 Å². The van der Waals surface area contributed by atoms with Crippen LogP contribution in [0, 0.1) is 5.92 Å². The molecule has 2 fully saturated rings. The van der Waals surface area contributed by atoms with E-state index in [0.29, 0.717) is 12.5 Å². The van der Waals surface area contributed by atoms with E-state index in [-0.39, 0.29) is 28.6 Å². The van der Waals surface area contributed by atoms with Crippen LogP contribution in [-0.2, 0) is 4.79 Å². The Morgan fingerprint density at radius 1 is 1.28 bits per heavy atom. The first-order valence-electron chi connectivity index (χ1n) is 8.64. The van der Waals surface area contributed by atoms with Gasteiger partial charge < -0.3 is 20.3 Å². The molecular formula is C18H25N3O3S. The molecule has 0 bridgehead atoms. The van der Waals surface area contributed by atoms with E-state index in [1.807, 2.05) is 29.2 Å². The Balaban J connectivity index is 1.63. The predicted molar refractivity (Wildman–Crippen MR) is 98.6 cm³/mol. The summed E-state index contributed by atoms with van der Waals surface area (Å²) in [6.07, 6.45) is 0.816. The average Bonchev–Trinajstić information content (AvgIpc) is 2.98. The summed E-state index contributed by atoms with van der Waals surface area (Å²) in [5, 5.41) is 5.61. The number of hydrogen-bond acceptors (Lipinski definition) is 4. The second-order valence-electron chi connectivity index (χ2n) is 6.65. The van der Waals surface area contributed by atoms with Gasteiger partial charge in [0.25, 0.3) is 0 Å². The third-order valence-corrected chi connectivity index (χ3v) is 6.58. The number of methoxy groups -OCH3 is 1. The summed E-state index contributed by atoms with van der Waals surface area (Å²) in [6, 6.07) is 7.74. The molecule has 2 N–H and O–H groups in total. The number of thioether (sulfide) groups is 1. The number of carbonyl (C=O) groups excluding carboxylic acids is 2. The topological polar surface area (TPSA) is 70.7 Å². The molecule has 1 aromatic rings. The van der Waals surface area contributed by atoms with E-state index in [1.54, 1.807) is 18.9 Å². The zero-order valence-corrected chi connectivity index (χ0v) is 15.6. The third kappa shape index (κ3) is 3.86. The van der Waals surface area contributed by atoms with Crippen molar-refractivity contribution in [2.24, 2.45) is 5.92 Å². The van der Waals surface area contributed by atoms with Crippen molar-refractivity contribution in [2.45, 2.75) is 36.9 Å². The Bertz CT molecular complexity index is 637. The Kier molecular flexibility index (Phi) is 5.42. The van der Waals surface area contributed by atoms with Crippen molar-refractivity contribution in [3.8, 4) is 5.75 Å². The molecule has 0 saturated carbocycles. The molecule has 3 rings (SSSR count). The summed E-state index contributed by atoms with van der Waals surface area (Å²) in [4.78, 5) is 26.3. The second-order valence-corrected chi connectivity index (χ2v) is 8.00. The molecule has 1 aromatic carbocycles. The number of nitrogens with zero attached hydrogens (tertiary/aromatic N) is 1. The second kappa shape index (κ2) is 7.56. The maximum atomic E-state index is 12.9. The molecule has 2 saturated heterocycles. The molecule has 2 aliphatic heterocycles. The normalized spacial score (nSPS) is 27.6. The average molecular weight is 363 g/mol. The van der Waals surface area contributed by atoms with Gasteiger partial charge in [0.05, 0.1) is 23.8 Å². The predicted octanol–water partition coefficient (Wildman–Crippen LogP) is 2.37. The highest BCUT2D eigenvalue weighted by molar-refractivity contribution is 8.01. The molecule has 3 amide bonds. The zero-order valence-electron chi connectivity index (χ0n) is 14.8. The maximum absolute atomic E-state index is 12.9. The molecule has 7 heteroatoms. The van der Waals surface area contributed by atoms with Crippen LogP contribution < -0.4 is 15.4 Å². The molecule has 25 heavy (non-hydrogen) atoms. The number of rotatable bonds is 5. The van der Waals surface area contributed by atoms with Gasteiger partial charge in [0.15, 0.2) is 0 Å². The molecule has 2 unspecified atom stereocenters. The van der Waals surface area contributed by atoms with Crippen LogP contribution in [0.15, 0.2) is 24.3 Å². The van der Waals surface area contributed by atoms with E-state index in [4.69, 9.17) is 4.74 Å². The van der Waals surface area contributed by atoms with Crippen molar-refractivity contribution in [2.75, 3.05) is 20.2 Å². The first-order valence-corrected chi connectivity index (χ1v) is 9.58. The summed E-state index contributed by atoms with van der Waals surface area (Å²) in [6.45, 7) is 5.54. The number of urea groups is 1. The number of carbonyl (C=O) groups is 2. The zero-order chi connectivity index (χ0) is 18.0. The van der Waals surface area contributed by atoms with Crippen molar-refractivity contribution < 1.29 is 14.3 Å². The molecule has 0 aromatic heterocycles. The summed E-state index contributed by atoms with van der Waals surface area (Å²) in [5.41, 5.74) is 1.10.